The Morgan fingerprint density at radius 2 is 1.80 bits per heavy atom. The summed E-state index contributed by atoms with van der Waals surface area (Å²) in [4.78, 5) is 23.3. The molecule has 1 atom stereocenters. The van der Waals surface area contributed by atoms with E-state index in [-0.39, 0.29) is 11.6 Å². The number of non-ortho nitro benzene ring substituents is 1. The quantitative estimate of drug-likeness (QED) is 0.302. The van der Waals surface area contributed by atoms with Gasteiger partial charge in [-0.15, -0.1) is 6.58 Å². The molecule has 0 saturated heterocycles. The maximum Gasteiger partial charge on any atom is 0.269 e. The Morgan fingerprint density at radius 1 is 1.07 bits per heavy atom. The van der Waals surface area contributed by atoms with Crippen molar-refractivity contribution in [3.05, 3.63) is 118 Å². The molecular formula is C24H22N2O4. The fourth-order valence-electron chi connectivity index (χ4n) is 2.99. The summed E-state index contributed by atoms with van der Waals surface area (Å²) in [7, 11) is 0. The molecule has 30 heavy (non-hydrogen) atoms. The van der Waals surface area contributed by atoms with Gasteiger partial charge in [0, 0.05) is 17.7 Å². The number of ether oxygens (including phenoxy) is 1. The first-order valence-corrected chi connectivity index (χ1v) is 9.49. The van der Waals surface area contributed by atoms with Gasteiger partial charge >= 0.3 is 0 Å². The van der Waals surface area contributed by atoms with Crippen LogP contribution in [-0.2, 0) is 6.61 Å². The predicted octanol–water partition coefficient (Wildman–Crippen LogP) is 5.22. The second-order valence-corrected chi connectivity index (χ2v) is 6.70. The van der Waals surface area contributed by atoms with E-state index in [0.717, 1.165) is 5.56 Å². The Morgan fingerprint density at radius 3 is 2.47 bits per heavy atom. The third-order valence-electron chi connectivity index (χ3n) is 4.56. The minimum Gasteiger partial charge on any atom is -0.489 e. The second kappa shape index (κ2) is 10.0. The van der Waals surface area contributed by atoms with E-state index in [1.807, 2.05) is 30.3 Å². The van der Waals surface area contributed by atoms with Gasteiger partial charge in [-0.1, -0.05) is 48.5 Å². The fourth-order valence-corrected chi connectivity index (χ4v) is 2.99. The zero-order chi connectivity index (χ0) is 21.3. The lowest BCUT2D eigenvalue weighted by Gasteiger charge is -2.18. The molecule has 6 heteroatoms. The number of benzene rings is 3. The van der Waals surface area contributed by atoms with Crippen LogP contribution in [0.2, 0.25) is 0 Å². The minimum atomic E-state index is -0.454. The first-order valence-electron chi connectivity index (χ1n) is 9.49. The van der Waals surface area contributed by atoms with Crippen LogP contribution in [0.15, 0.2) is 91.5 Å². The predicted molar refractivity (Wildman–Crippen MR) is 115 cm³/mol. The first kappa shape index (κ1) is 20.8. The van der Waals surface area contributed by atoms with E-state index in [0.29, 0.717) is 29.9 Å². The summed E-state index contributed by atoms with van der Waals surface area (Å²) in [6, 6.07) is 22.5. The monoisotopic (exact) mass is 402 g/mol. The summed E-state index contributed by atoms with van der Waals surface area (Å²) in [6.45, 7) is 4.16. The van der Waals surface area contributed by atoms with Gasteiger partial charge in [0.2, 0.25) is 0 Å². The molecule has 152 valence electrons. The number of carbonyl (C=O) groups excluding carboxylic acids is 1. The summed E-state index contributed by atoms with van der Waals surface area (Å²) in [5.41, 5.74) is 2.17. The molecule has 1 unspecified atom stereocenters. The van der Waals surface area contributed by atoms with Gasteiger partial charge in [0.15, 0.2) is 0 Å². The van der Waals surface area contributed by atoms with Crippen LogP contribution >= 0.6 is 0 Å². The molecule has 1 N–H and O–H groups in total. The molecule has 0 heterocycles. The first-order chi connectivity index (χ1) is 14.6. The van der Waals surface area contributed by atoms with Gasteiger partial charge in [-0.25, -0.2) is 0 Å². The molecule has 0 fully saturated rings. The smallest absolute Gasteiger partial charge is 0.269 e. The van der Waals surface area contributed by atoms with Crippen LogP contribution in [0.5, 0.6) is 5.75 Å². The molecule has 3 rings (SSSR count). The highest BCUT2D eigenvalue weighted by Gasteiger charge is 2.17. The van der Waals surface area contributed by atoms with Crippen LogP contribution in [0.25, 0.3) is 0 Å². The van der Waals surface area contributed by atoms with Crippen molar-refractivity contribution in [3.8, 4) is 5.75 Å². The number of nitro benzene ring substituents is 1. The van der Waals surface area contributed by atoms with Crippen molar-refractivity contribution >= 4 is 11.6 Å². The van der Waals surface area contributed by atoms with Crippen molar-refractivity contribution in [1.82, 2.24) is 5.32 Å². The van der Waals surface area contributed by atoms with E-state index in [2.05, 4.69) is 11.9 Å². The molecule has 0 radical (unpaired) electrons. The van der Waals surface area contributed by atoms with Crippen LogP contribution in [0.1, 0.15) is 33.9 Å². The summed E-state index contributed by atoms with van der Waals surface area (Å²) in [6.07, 6.45) is 2.12. The Kier molecular flexibility index (Phi) is 6.95. The molecule has 0 aliphatic heterocycles. The zero-order valence-electron chi connectivity index (χ0n) is 16.4. The van der Waals surface area contributed by atoms with Crippen molar-refractivity contribution in [1.29, 1.82) is 0 Å². The van der Waals surface area contributed by atoms with Crippen LogP contribution in [0, 0.1) is 10.1 Å². The SMILES string of the molecule is C=CCC(NC(=O)c1ccc(OCc2ccccc2)cc1)c1cccc([N+](=O)[O-])c1. The second-order valence-electron chi connectivity index (χ2n) is 6.70. The van der Waals surface area contributed by atoms with Gasteiger partial charge in [0.25, 0.3) is 11.6 Å². The molecule has 0 bridgehead atoms. The number of nitrogens with zero attached hydrogens (tertiary/aromatic N) is 1. The molecule has 0 aliphatic carbocycles. The Balaban J connectivity index is 1.66. The highest BCUT2D eigenvalue weighted by Crippen LogP contribution is 2.23. The third kappa shape index (κ3) is 5.54. The maximum absolute atomic E-state index is 12.7. The molecule has 0 aliphatic rings. The molecular weight excluding hydrogens is 380 g/mol. The summed E-state index contributed by atoms with van der Waals surface area (Å²) in [5, 5.41) is 14.0. The van der Waals surface area contributed by atoms with Crippen molar-refractivity contribution in [2.45, 2.75) is 19.1 Å². The van der Waals surface area contributed by atoms with Crippen molar-refractivity contribution in [2.24, 2.45) is 0 Å². The van der Waals surface area contributed by atoms with Crippen LogP contribution in [-0.4, -0.2) is 10.8 Å². The molecule has 0 spiro atoms. The zero-order valence-corrected chi connectivity index (χ0v) is 16.4. The number of nitro groups is 1. The van der Waals surface area contributed by atoms with Gasteiger partial charge in [-0.3, -0.25) is 14.9 Å². The maximum atomic E-state index is 12.7. The van der Waals surface area contributed by atoms with Crippen molar-refractivity contribution < 1.29 is 14.5 Å². The van der Waals surface area contributed by atoms with E-state index < -0.39 is 11.0 Å². The molecule has 0 saturated carbocycles. The van der Waals surface area contributed by atoms with Gasteiger partial charge < -0.3 is 10.1 Å². The molecule has 3 aromatic carbocycles. The lowest BCUT2D eigenvalue weighted by molar-refractivity contribution is -0.384. The van der Waals surface area contributed by atoms with Gasteiger partial charge in [0.1, 0.15) is 12.4 Å². The van der Waals surface area contributed by atoms with Crippen LogP contribution in [0.3, 0.4) is 0 Å². The largest absolute Gasteiger partial charge is 0.489 e. The van der Waals surface area contributed by atoms with Crippen LogP contribution in [0.4, 0.5) is 5.69 Å². The normalized spacial score (nSPS) is 11.3. The average Bonchev–Trinajstić information content (AvgIpc) is 2.78. The number of nitrogens with one attached hydrogen (secondary N) is 1. The number of hydrogen-bond donors (Lipinski definition) is 1. The average molecular weight is 402 g/mol. The van der Waals surface area contributed by atoms with Gasteiger partial charge in [-0.05, 0) is 41.8 Å². The number of hydrogen-bond acceptors (Lipinski definition) is 4. The third-order valence-corrected chi connectivity index (χ3v) is 4.56. The highest BCUT2D eigenvalue weighted by atomic mass is 16.6. The van der Waals surface area contributed by atoms with E-state index >= 15 is 0 Å². The Hall–Kier alpha value is -3.93. The Bertz CT molecular complexity index is 1020. The van der Waals surface area contributed by atoms with E-state index in [9.17, 15) is 14.9 Å². The van der Waals surface area contributed by atoms with E-state index in [1.54, 1.807) is 42.5 Å². The van der Waals surface area contributed by atoms with Crippen LogP contribution < -0.4 is 10.1 Å². The number of carbonyl (C=O) groups is 1. The molecule has 0 aromatic heterocycles. The lowest BCUT2D eigenvalue weighted by atomic mass is 10.0. The molecule has 1 amide bonds. The van der Waals surface area contributed by atoms with E-state index in [4.69, 9.17) is 4.74 Å². The number of amides is 1. The lowest BCUT2D eigenvalue weighted by Crippen LogP contribution is -2.28. The Labute approximate surface area is 175 Å². The molecule has 3 aromatic rings. The summed E-state index contributed by atoms with van der Waals surface area (Å²) < 4.78 is 5.74. The highest BCUT2D eigenvalue weighted by molar-refractivity contribution is 5.94. The van der Waals surface area contributed by atoms with E-state index in [1.165, 1.54) is 12.1 Å². The number of rotatable bonds is 9. The summed E-state index contributed by atoms with van der Waals surface area (Å²) in [5.74, 6) is 0.389. The topological polar surface area (TPSA) is 81.5 Å². The standard InChI is InChI=1S/C24H22N2O4/c1-2-7-23(20-10-6-11-21(16-20)26(28)29)25-24(27)19-12-14-22(15-13-19)30-17-18-8-4-3-5-9-18/h2-6,8-16,23H,1,7,17H2,(H,25,27). The van der Waals surface area contributed by atoms with Crippen molar-refractivity contribution in [3.63, 3.8) is 0 Å². The summed E-state index contributed by atoms with van der Waals surface area (Å²) >= 11 is 0. The fraction of sp³-hybridized carbons (Fsp3) is 0.125. The van der Waals surface area contributed by atoms with Gasteiger partial charge in [-0.2, -0.15) is 0 Å². The minimum absolute atomic E-state index is 0.0178. The van der Waals surface area contributed by atoms with Gasteiger partial charge in [0.05, 0.1) is 11.0 Å². The molecule has 6 nitrogen and oxygen atoms in total. The van der Waals surface area contributed by atoms with Crippen molar-refractivity contribution in [2.75, 3.05) is 0 Å².